The summed E-state index contributed by atoms with van der Waals surface area (Å²) in [4.78, 5) is 2.31. The van der Waals surface area contributed by atoms with E-state index in [-0.39, 0.29) is 0 Å². The van der Waals surface area contributed by atoms with Crippen LogP contribution in [0.4, 0.5) is 5.69 Å². The number of anilines is 1. The van der Waals surface area contributed by atoms with Gasteiger partial charge in [0, 0.05) is 18.8 Å². The van der Waals surface area contributed by atoms with Crippen molar-refractivity contribution >= 4 is 17.1 Å². The lowest BCUT2D eigenvalue weighted by Gasteiger charge is -2.28. The molecule has 4 rings (SSSR count). The third-order valence-electron chi connectivity index (χ3n) is 4.86. The molecular formula is C26H24N4. The lowest BCUT2D eigenvalue weighted by Crippen LogP contribution is -2.25. The molecule has 0 unspecified atom stereocenters. The van der Waals surface area contributed by atoms with Crippen LogP contribution in [0.15, 0.2) is 120 Å². The number of rotatable bonds is 7. The molecule has 0 fully saturated rings. The molecule has 0 heterocycles. The van der Waals surface area contributed by atoms with Crippen LogP contribution in [0.1, 0.15) is 11.1 Å². The van der Waals surface area contributed by atoms with Crippen molar-refractivity contribution in [1.82, 2.24) is 4.90 Å². The first-order valence-corrected chi connectivity index (χ1v) is 9.98. The van der Waals surface area contributed by atoms with Crippen molar-refractivity contribution in [2.75, 3.05) is 5.43 Å². The van der Waals surface area contributed by atoms with E-state index in [1.165, 1.54) is 11.1 Å². The van der Waals surface area contributed by atoms with E-state index in [4.69, 9.17) is 5.41 Å². The van der Waals surface area contributed by atoms with Crippen LogP contribution in [-0.2, 0) is 13.1 Å². The maximum absolute atomic E-state index is 8.26. The van der Waals surface area contributed by atoms with E-state index in [1.54, 1.807) is 0 Å². The fraction of sp³-hybridized carbons (Fsp3) is 0.0769. The maximum atomic E-state index is 8.26. The number of allylic oxidation sites excluding steroid dienone is 3. The summed E-state index contributed by atoms with van der Waals surface area (Å²) in [5.41, 5.74) is 8.47. The molecule has 0 saturated carbocycles. The predicted molar refractivity (Wildman–Crippen MR) is 125 cm³/mol. The summed E-state index contributed by atoms with van der Waals surface area (Å²) in [5.74, 6) is 0. The second-order valence-corrected chi connectivity index (χ2v) is 7.12. The molecule has 0 spiro atoms. The van der Waals surface area contributed by atoms with Gasteiger partial charge in [-0.3, -0.25) is 10.8 Å². The van der Waals surface area contributed by atoms with Crippen molar-refractivity contribution in [1.29, 1.82) is 5.41 Å². The molecule has 1 aliphatic rings. The van der Waals surface area contributed by atoms with Gasteiger partial charge in [0.25, 0.3) is 0 Å². The minimum Gasteiger partial charge on any atom is -0.363 e. The maximum Gasteiger partial charge on any atom is 0.110 e. The van der Waals surface area contributed by atoms with Gasteiger partial charge in [-0.25, -0.2) is 0 Å². The van der Waals surface area contributed by atoms with E-state index in [9.17, 15) is 0 Å². The molecule has 0 aliphatic heterocycles. The van der Waals surface area contributed by atoms with E-state index < -0.39 is 0 Å². The Morgan fingerprint density at radius 3 is 1.80 bits per heavy atom. The fourth-order valence-corrected chi connectivity index (χ4v) is 3.29. The van der Waals surface area contributed by atoms with Gasteiger partial charge in [0.1, 0.15) is 5.71 Å². The van der Waals surface area contributed by atoms with Gasteiger partial charge in [0.2, 0.25) is 0 Å². The average molecular weight is 393 g/mol. The van der Waals surface area contributed by atoms with E-state index in [1.807, 2.05) is 60.7 Å². The molecule has 3 aromatic carbocycles. The molecule has 2 N–H and O–H groups in total. The van der Waals surface area contributed by atoms with Crippen molar-refractivity contribution in [3.63, 3.8) is 0 Å². The smallest absolute Gasteiger partial charge is 0.110 e. The molecule has 4 nitrogen and oxygen atoms in total. The van der Waals surface area contributed by atoms with Crippen LogP contribution in [0.3, 0.4) is 0 Å². The Balaban J connectivity index is 1.60. The van der Waals surface area contributed by atoms with Gasteiger partial charge in [-0.15, -0.1) is 0 Å². The number of benzene rings is 3. The monoisotopic (exact) mass is 392 g/mol. The van der Waals surface area contributed by atoms with Crippen molar-refractivity contribution < 1.29 is 0 Å². The van der Waals surface area contributed by atoms with Crippen LogP contribution in [-0.4, -0.2) is 16.3 Å². The molecule has 148 valence electrons. The predicted octanol–water partition coefficient (Wildman–Crippen LogP) is 5.63. The van der Waals surface area contributed by atoms with Crippen molar-refractivity contribution in [2.45, 2.75) is 13.1 Å². The van der Waals surface area contributed by atoms with Crippen LogP contribution in [0.2, 0.25) is 0 Å². The highest BCUT2D eigenvalue weighted by Gasteiger charge is 2.15. The quantitative estimate of drug-likeness (QED) is 0.404. The van der Waals surface area contributed by atoms with E-state index in [2.05, 4.69) is 64.0 Å². The number of nitrogens with zero attached hydrogens (tertiary/aromatic N) is 2. The summed E-state index contributed by atoms with van der Waals surface area (Å²) in [5, 5.41) is 12.7. The van der Waals surface area contributed by atoms with E-state index in [0.717, 1.165) is 24.5 Å². The molecule has 0 amide bonds. The molecule has 0 radical (unpaired) electrons. The van der Waals surface area contributed by atoms with Crippen LogP contribution in [0.25, 0.3) is 0 Å². The summed E-state index contributed by atoms with van der Waals surface area (Å²) >= 11 is 0. The largest absolute Gasteiger partial charge is 0.363 e. The number of hydrazone groups is 1. The second kappa shape index (κ2) is 9.52. The highest BCUT2D eigenvalue weighted by Crippen LogP contribution is 2.19. The Morgan fingerprint density at radius 1 is 0.700 bits per heavy atom. The molecule has 30 heavy (non-hydrogen) atoms. The zero-order valence-electron chi connectivity index (χ0n) is 16.7. The van der Waals surface area contributed by atoms with Gasteiger partial charge in [0.05, 0.1) is 11.4 Å². The van der Waals surface area contributed by atoms with Crippen LogP contribution < -0.4 is 5.43 Å². The van der Waals surface area contributed by atoms with Gasteiger partial charge in [-0.2, -0.15) is 5.10 Å². The summed E-state index contributed by atoms with van der Waals surface area (Å²) in [6.07, 6.45) is 5.78. The average Bonchev–Trinajstić information content (AvgIpc) is 2.80. The molecule has 0 saturated heterocycles. The third-order valence-corrected chi connectivity index (χ3v) is 4.86. The van der Waals surface area contributed by atoms with Crippen LogP contribution in [0.5, 0.6) is 0 Å². The SMILES string of the molecule is N=C1C=CC(N(Cc2ccccc2)Cc2ccccc2)=C/C1=N/Nc1ccccc1. The Bertz CT molecular complexity index is 1030. The van der Waals surface area contributed by atoms with Gasteiger partial charge >= 0.3 is 0 Å². The number of hydrogen-bond donors (Lipinski definition) is 2. The molecule has 0 atom stereocenters. The Labute approximate surface area is 177 Å². The summed E-state index contributed by atoms with van der Waals surface area (Å²) in [6.45, 7) is 1.55. The zero-order valence-corrected chi connectivity index (χ0v) is 16.7. The summed E-state index contributed by atoms with van der Waals surface area (Å²) in [6, 6.07) is 30.7. The van der Waals surface area contributed by atoms with Crippen molar-refractivity contribution in [3.05, 3.63) is 126 Å². The normalized spacial score (nSPS) is 14.5. The summed E-state index contributed by atoms with van der Waals surface area (Å²) in [7, 11) is 0. The molecular weight excluding hydrogens is 368 g/mol. The number of hydrogen-bond acceptors (Lipinski definition) is 4. The first kappa shape index (κ1) is 19.4. The Morgan fingerprint density at radius 2 is 1.23 bits per heavy atom. The number of para-hydroxylation sites is 1. The summed E-state index contributed by atoms with van der Waals surface area (Å²) < 4.78 is 0. The Hall–Kier alpha value is -3.92. The molecule has 4 heteroatoms. The van der Waals surface area contributed by atoms with Crippen LogP contribution >= 0.6 is 0 Å². The highest BCUT2D eigenvalue weighted by atomic mass is 15.3. The van der Waals surface area contributed by atoms with Gasteiger partial charge < -0.3 is 4.90 Å². The first-order chi connectivity index (χ1) is 14.8. The van der Waals surface area contributed by atoms with E-state index >= 15 is 0 Å². The molecule has 0 aromatic heterocycles. The molecule has 3 aromatic rings. The van der Waals surface area contributed by atoms with E-state index in [0.29, 0.717) is 11.4 Å². The van der Waals surface area contributed by atoms with Gasteiger partial charge in [-0.1, -0.05) is 78.9 Å². The minimum atomic E-state index is 0.390. The van der Waals surface area contributed by atoms with Crippen molar-refractivity contribution in [3.8, 4) is 0 Å². The van der Waals surface area contributed by atoms with Gasteiger partial charge in [-0.05, 0) is 41.5 Å². The Kier molecular flexibility index (Phi) is 6.16. The zero-order chi connectivity index (χ0) is 20.6. The van der Waals surface area contributed by atoms with Crippen LogP contribution in [0, 0.1) is 5.41 Å². The fourth-order valence-electron chi connectivity index (χ4n) is 3.29. The third kappa shape index (κ3) is 5.11. The standard InChI is InChI=1S/C26H24N4/c27-25-17-16-24(18-26(25)29-28-23-14-8-3-9-15-23)30(19-21-10-4-1-5-11-21)20-22-12-6-2-7-13-22/h1-18,27-28H,19-20H2/b27-25?,29-26-. The minimum absolute atomic E-state index is 0.390. The molecule has 1 aliphatic carbocycles. The topological polar surface area (TPSA) is 51.5 Å². The van der Waals surface area contributed by atoms with Crippen molar-refractivity contribution in [2.24, 2.45) is 5.10 Å². The number of nitrogens with one attached hydrogen (secondary N) is 2. The van der Waals surface area contributed by atoms with Gasteiger partial charge in [0.15, 0.2) is 0 Å². The molecule has 0 bridgehead atoms. The second-order valence-electron chi connectivity index (χ2n) is 7.12. The lowest BCUT2D eigenvalue weighted by molar-refractivity contribution is 0.340. The lowest BCUT2D eigenvalue weighted by atomic mass is 10.1. The highest BCUT2D eigenvalue weighted by molar-refractivity contribution is 6.50. The first-order valence-electron chi connectivity index (χ1n) is 9.98.